The SMILES string of the molecule is CC1CCC(C2CCC(C(C)C)CC2C2CCC(C)CC2)CC1. The van der Waals surface area contributed by atoms with Gasteiger partial charge < -0.3 is 0 Å². The van der Waals surface area contributed by atoms with Crippen LogP contribution in [0.2, 0.25) is 0 Å². The molecule has 0 saturated heterocycles. The summed E-state index contributed by atoms with van der Waals surface area (Å²) in [4.78, 5) is 0. The summed E-state index contributed by atoms with van der Waals surface area (Å²) in [6, 6.07) is 0. The van der Waals surface area contributed by atoms with Gasteiger partial charge in [-0.3, -0.25) is 0 Å². The molecule has 0 aromatic rings. The average molecular weight is 319 g/mol. The van der Waals surface area contributed by atoms with Crippen molar-refractivity contribution in [3.63, 3.8) is 0 Å². The molecule has 0 amide bonds. The van der Waals surface area contributed by atoms with Crippen LogP contribution in [-0.4, -0.2) is 0 Å². The fourth-order valence-corrected chi connectivity index (χ4v) is 6.42. The molecule has 0 N–H and O–H groups in total. The van der Waals surface area contributed by atoms with E-state index in [0.717, 1.165) is 47.3 Å². The summed E-state index contributed by atoms with van der Waals surface area (Å²) in [6.07, 6.45) is 17.0. The van der Waals surface area contributed by atoms with Gasteiger partial charge >= 0.3 is 0 Å². The molecule has 3 aliphatic carbocycles. The van der Waals surface area contributed by atoms with E-state index in [4.69, 9.17) is 0 Å². The zero-order valence-electron chi connectivity index (χ0n) is 16.4. The lowest BCUT2D eigenvalue weighted by Gasteiger charge is -2.48. The van der Waals surface area contributed by atoms with E-state index in [0.29, 0.717) is 0 Å². The maximum atomic E-state index is 2.48. The van der Waals surface area contributed by atoms with Gasteiger partial charge in [-0.15, -0.1) is 0 Å². The van der Waals surface area contributed by atoms with Crippen molar-refractivity contribution in [1.29, 1.82) is 0 Å². The standard InChI is InChI=1S/C23H42/c1-16(2)21-13-14-22(19-9-5-17(3)6-10-19)23(15-21)20-11-7-18(4)8-12-20/h16-23H,5-15H2,1-4H3. The Labute approximate surface area is 146 Å². The monoisotopic (exact) mass is 318 g/mol. The lowest BCUT2D eigenvalue weighted by atomic mass is 9.58. The molecule has 3 atom stereocenters. The fourth-order valence-electron chi connectivity index (χ4n) is 6.42. The first-order valence-electron chi connectivity index (χ1n) is 11.0. The van der Waals surface area contributed by atoms with Gasteiger partial charge in [0, 0.05) is 0 Å². The molecule has 3 fully saturated rings. The van der Waals surface area contributed by atoms with Crippen LogP contribution in [0, 0.1) is 47.3 Å². The zero-order valence-corrected chi connectivity index (χ0v) is 16.4. The summed E-state index contributed by atoms with van der Waals surface area (Å²) in [5.74, 6) is 8.29. The van der Waals surface area contributed by atoms with Crippen LogP contribution in [0.4, 0.5) is 0 Å². The highest BCUT2D eigenvalue weighted by molar-refractivity contribution is 4.91. The molecule has 0 bridgehead atoms. The Morgan fingerprint density at radius 1 is 0.565 bits per heavy atom. The van der Waals surface area contributed by atoms with Crippen LogP contribution in [0.5, 0.6) is 0 Å². The molecule has 0 aromatic heterocycles. The predicted octanol–water partition coefficient (Wildman–Crippen LogP) is 7.33. The molecular formula is C23H42. The third-order valence-electron chi connectivity index (χ3n) is 8.27. The normalized spacial score (nSPS) is 46.0. The third kappa shape index (κ3) is 4.35. The first kappa shape index (κ1) is 17.8. The van der Waals surface area contributed by atoms with Gasteiger partial charge in [-0.05, 0) is 92.3 Å². The Hall–Kier alpha value is 0. The van der Waals surface area contributed by atoms with Gasteiger partial charge in [0.25, 0.3) is 0 Å². The van der Waals surface area contributed by atoms with Crippen molar-refractivity contribution in [2.75, 3.05) is 0 Å². The van der Waals surface area contributed by atoms with Crippen molar-refractivity contribution in [2.24, 2.45) is 47.3 Å². The lowest BCUT2D eigenvalue weighted by molar-refractivity contribution is 0.0249. The molecule has 3 unspecified atom stereocenters. The number of rotatable bonds is 3. The van der Waals surface area contributed by atoms with E-state index in [1.807, 2.05) is 0 Å². The van der Waals surface area contributed by atoms with Crippen molar-refractivity contribution < 1.29 is 0 Å². The van der Waals surface area contributed by atoms with Crippen LogP contribution in [0.1, 0.15) is 98.3 Å². The van der Waals surface area contributed by atoms with Crippen LogP contribution in [0.25, 0.3) is 0 Å². The number of hydrogen-bond donors (Lipinski definition) is 0. The molecule has 0 heterocycles. The van der Waals surface area contributed by atoms with Crippen molar-refractivity contribution in [3.8, 4) is 0 Å². The molecule has 0 aliphatic heterocycles. The van der Waals surface area contributed by atoms with Gasteiger partial charge in [-0.1, -0.05) is 53.4 Å². The first-order valence-corrected chi connectivity index (χ1v) is 11.0. The van der Waals surface area contributed by atoms with Crippen LogP contribution in [0.15, 0.2) is 0 Å². The highest BCUT2D eigenvalue weighted by atomic mass is 14.5. The third-order valence-corrected chi connectivity index (χ3v) is 8.27. The minimum absolute atomic E-state index is 0.910. The van der Waals surface area contributed by atoms with E-state index in [2.05, 4.69) is 27.7 Å². The van der Waals surface area contributed by atoms with Crippen molar-refractivity contribution in [2.45, 2.75) is 98.3 Å². The molecule has 0 radical (unpaired) electrons. The van der Waals surface area contributed by atoms with Gasteiger partial charge in [-0.2, -0.15) is 0 Å². The maximum absolute atomic E-state index is 2.48. The van der Waals surface area contributed by atoms with Gasteiger partial charge in [0.2, 0.25) is 0 Å². The Morgan fingerprint density at radius 2 is 1.04 bits per heavy atom. The van der Waals surface area contributed by atoms with E-state index in [1.165, 1.54) is 32.1 Å². The van der Waals surface area contributed by atoms with E-state index in [1.54, 1.807) is 38.5 Å². The Balaban J connectivity index is 1.68. The summed E-state index contributed by atoms with van der Waals surface area (Å²) < 4.78 is 0. The summed E-state index contributed by atoms with van der Waals surface area (Å²) in [5.41, 5.74) is 0. The molecule has 23 heavy (non-hydrogen) atoms. The van der Waals surface area contributed by atoms with E-state index < -0.39 is 0 Å². The molecule has 0 heteroatoms. The van der Waals surface area contributed by atoms with Crippen LogP contribution in [-0.2, 0) is 0 Å². The van der Waals surface area contributed by atoms with Crippen molar-refractivity contribution >= 4 is 0 Å². The smallest absolute Gasteiger partial charge is 0.0352 e. The molecule has 0 spiro atoms. The molecule has 0 nitrogen and oxygen atoms in total. The minimum Gasteiger partial charge on any atom is -0.0625 e. The van der Waals surface area contributed by atoms with Crippen LogP contribution >= 0.6 is 0 Å². The second-order valence-electron chi connectivity index (χ2n) is 10.2. The molecule has 3 rings (SSSR count). The van der Waals surface area contributed by atoms with E-state index >= 15 is 0 Å². The van der Waals surface area contributed by atoms with Crippen LogP contribution in [0.3, 0.4) is 0 Å². The highest BCUT2D eigenvalue weighted by Gasteiger charge is 2.41. The number of hydrogen-bond acceptors (Lipinski definition) is 0. The molecular weight excluding hydrogens is 276 g/mol. The lowest BCUT2D eigenvalue weighted by Crippen LogP contribution is -2.38. The summed E-state index contributed by atoms with van der Waals surface area (Å²) >= 11 is 0. The van der Waals surface area contributed by atoms with Gasteiger partial charge in [0.15, 0.2) is 0 Å². The Kier molecular flexibility index (Phi) is 6.13. The van der Waals surface area contributed by atoms with Gasteiger partial charge in [0.1, 0.15) is 0 Å². The Morgan fingerprint density at radius 3 is 1.52 bits per heavy atom. The second kappa shape index (κ2) is 7.92. The highest BCUT2D eigenvalue weighted by Crippen LogP contribution is 2.51. The largest absolute Gasteiger partial charge is 0.0625 e. The fraction of sp³-hybridized carbons (Fsp3) is 1.00. The van der Waals surface area contributed by atoms with Gasteiger partial charge in [-0.25, -0.2) is 0 Å². The van der Waals surface area contributed by atoms with E-state index in [-0.39, 0.29) is 0 Å². The summed E-state index contributed by atoms with van der Waals surface area (Å²) in [6.45, 7) is 9.92. The second-order valence-corrected chi connectivity index (χ2v) is 10.2. The summed E-state index contributed by atoms with van der Waals surface area (Å²) in [7, 11) is 0. The molecule has 0 aromatic carbocycles. The molecule has 3 saturated carbocycles. The minimum atomic E-state index is 0.910. The van der Waals surface area contributed by atoms with Gasteiger partial charge in [0.05, 0.1) is 0 Å². The van der Waals surface area contributed by atoms with E-state index in [9.17, 15) is 0 Å². The van der Waals surface area contributed by atoms with Crippen molar-refractivity contribution in [1.82, 2.24) is 0 Å². The molecule has 134 valence electrons. The Bertz CT molecular complexity index is 341. The quantitative estimate of drug-likeness (QED) is 0.511. The maximum Gasteiger partial charge on any atom is -0.0352 e. The molecule has 3 aliphatic rings. The predicted molar refractivity (Wildman–Crippen MR) is 101 cm³/mol. The first-order chi connectivity index (χ1) is 11.0. The average Bonchev–Trinajstić information content (AvgIpc) is 2.56. The summed E-state index contributed by atoms with van der Waals surface area (Å²) in [5, 5.41) is 0. The topological polar surface area (TPSA) is 0 Å². The zero-order chi connectivity index (χ0) is 16.4. The van der Waals surface area contributed by atoms with Crippen molar-refractivity contribution in [3.05, 3.63) is 0 Å². The van der Waals surface area contributed by atoms with Crippen LogP contribution < -0.4 is 0 Å².